The van der Waals surface area contributed by atoms with E-state index >= 15 is 0 Å². The molecule has 0 spiro atoms. The number of carbonyl (C=O) groups excluding carboxylic acids is 1. The minimum Gasteiger partial charge on any atom is -0.426 e. The third-order valence-corrected chi connectivity index (χ3v) is 8.16. The van der Waals surface area contributed by atoms with Crippen LogP contribution in [0.5, 0.6) is 5.75 Å². The van der Waals surface area contributed by atoms with Crippen LogP contribution in [0.2, 0.25) is 0 Å². The standard InChI is InChI=1S/C29H45ClN2O2S/c1-4-6-8-10-11-12-13-14-16-18-27-31-32-28(35-27)24-19-21-25(22-20-24)34-29(33)23(3)26(30)17-15-9-7-5-2/h19-23,26H,4-18H2,1-3H3/t23-,26-/m1/s1. The van der Waals surface area contributed by atoms with Crippen LogP contribution < -0.4 is 4.74 Å². The lowest BCUT2D eigenvalue weighted by Crippen LogP contribution is -2.26. The minimum absolute atomic E-state index is 0.191. The van der Waals surface area contributed by atoms with E-state index in [0.717, 1.165) is 41.3 Å². The average molecular weight is 521 g/mol. The Balaban J connectivity index is 1.71. The maximum Gasteiger partial charge on any atom is 0.315 e. The molecule has 1 heterocycles. The summed E-state index contributed by atoms with van der Waals surface area (Å²) in [7, 11) is 0. The Hall–Kier alpha value is -1.46. The van der Waals surface area contributed by atoms with E-state index in [2.05, 4.69) is 24.0 Å². The predicted molar refractivity (Wildman–Crippen MR) is 149 cm³/mol. The number of hydrogen-bond acceptors (Lipinski definition) is 5. The summed E-state index contributed by atoms with van der Waals surface area (Å²) in [5.41, 5.74) is 1.000. The van der Waals surface area contributed by atoms with Gasteiger partial charge in [0.25, 0.3) is 0 Å². The van der Waals surface area contributed by atoms with Crippen LogP contribution in [0.15, 0.2) is 24.3 Å². The van der Waals surface area contributed by atoms with Gasteiger partial charge in [-0.2, -0.15) is 0 Å². The first-order chi connectivity index (χ1) is 17.0. The predicted octanol–water partition coefficient (Wildman–Crippen LogP) is 9.40. The monoisotopic (exact) mass is 520 g/mol. The Labute approximate surface area is 222 Å². The molecule has 0 N–H and O–H groups in total. The van der Waals surface area contributed by atoms with E-state index in [4.69, 9.17) is 16.3 Å². The maximum absolute atomic E-state index is 12.5. The zero-order valence-corrected chi connectivity index (χ0v) is 23.6. The number of carbonyl (C=O) groups is 1. The van der Waals surface area contributed by atoms with Gasteiger partial charge in [-0.3, -0.25) is 4.79 Å². The zero-order valence-electron chi connectivity index (χ0n) is 22.1. The summed E-state index contributed by atoms with van der Waals surface area (Å²) in [5, 5.41) is 10.6. The molecule has 0 unspecified atom stereocenters. The summed E-state index contributed by atoms with van der Waals surface area (Å²) in [6.45, 7) is 6.30. The fourth-order valence-electron chi connectivity index (χ4n) is 4.10. The van der Waals surface area contributed by atoms with Crippen LogP contribution in [0.1, 0.15) is 116 Å². The van der Waals surface area contributed by atoms with Crippen LogP contribution in [0, 0.1) is 5.92 Å². The number of unbranched alkanes of at least 4 members (excludes halogenated alkanes) is 11. The molecule has 0 saturated heterocycles. The number of esters is 1. The Kier molecular flexibility index (Phi) is 15.2. The van der Waals surface area contributed by atoms with Crippen molar-refractivity contribution in [3.8, 4) is 16.3 Å². The van der Waals surface area contributed by atoms with Crippen molar-refractivity contribution in [2.75, 3.05) is 0 Å². The van der Waals surface area contributed by atoms with Gasteiger partial charge in [-0.15, -0.1) is 21.8 Å². The number of aromatic nitrogens is 2. The number of nitrogens with zero attached hydrogens (tertiary/aromatic N) is 2. The van der Waals surface area contributed by atoms with Crippen molar-refractivity contribution in [1.29, 1.82) is 0 Å². The van der Waals surface area contributed by atoms with E-state index in [0.29, 0.717) is 5.75 Å². The molecule has 35 heavy (non-hydrogen) atoms. The average Bonchev–Trinajstić information content (AvgIpc) is 3.34. The summed E-state index contributed by atoms with van der Waals surface area (Å²) in [6.07, 6.45) is 18.4. The highest BCUT2D eigenvalue weighted by atomic mass is 35.5. The Morgan fingerprint density at radius 1 is 0.857 bits per heavy atom. The second kappa shape index (κ2) is 17.9. The molecule has 0 aliphatic heterocycles. The fraction of sp³-hybridized carbons (Fsp3) is 0.690. The number of aryl methyl sites for hydroxylation is 1. The first-order valence-corrected chi connectivity index (χ1v) is 15.1. The van der Waals surface area contributed by atoms with Gasteiger partial charge in [0.1, 0.15) is 15.8 Å². The molecule has 4 nitrogen and oxygen atoms in total. The van der Waals surface area contributed by atoms with E-state index in [1.165, 1.54) is 70.6 Å². The summed E-state index contributed by atoms with van der Waals surface area (Å²) in [5.74, 6) is -0.0583. The summed E-state index contributed by atoms with van der Waals surface area (Å²) < 4.78 is 5.58. The highest BCUT2D eigenvalue weighted by Gasteiger charge is 2.23. The van der Waals surface area contributed by atoms with E-state index < -0.39 is 0 Å². The summed E-state index contributed by atoms with van der Waals surface area (Å²) in [4.78, 5) is 12.5. The molecule has 2 rings (SSSR count). The van der Waals surface area contributed by atoms with Gasteiger partial charge in [0.05, 0.1) is 5.92 Å². The van der Waals surface area contributed by atoms with Crippen LogP contribution >= 0.6 is 22.9 Å². The van der Waals surface area contributed by atoms with Gasteiger partial charge < -0.3 is 4.74 Å². The minimum atomic E-state index is -0.329. The van der Waals surface area contributed by atoms with Crippen molar-refractivity contribution >= 4 is 28.9 Å². The van der Waals surface area contributed by atoms with Crippen molar-refractivity contribution in [3.05, 3.63) is 29.3 Å². The van der Waals surface area contributed by atoms with E-state index in [1.807, 2.05) is 31.2 Å². The van der Waals surface area contributed by atoms with Crippen molar-refractivity contribution in [2.24, 2.45) is 5.92 Å². The molecule has 0 fully saturated rings. The molecule has 0 aliphatic rings. The lowest BCUT2D eigenvalue weighted by molar-refractivity contribution is -0.138. The van der Waals surface area contributed by atoms with Crippen LogP contribution in [-0.4, -0.2) is 21.5 Å². The fourth-order valence-corrected chi connectivity index (χ4v) is 5.24. The van der Waals surface area contributed by atoms with Gasteiger partial charge in [-0.05, 0) is 37.1 Å². The molecule has 6 heteroatoms. The van der Waals surface area contributed by atoms with Crippen molar-refractivity contribution < 1.29 is 9.53 Å². The molecule has 0 saturated carbocycles. The lowest BCUT2D eigenvalue weighted by Gasteiger charge is -2.16. The molecular weight excluding hydrogens is 476 g/mol. The highest BCUT2D eigenvalue weighted by molar-refractivity contribution is 7.14. The largest absolute Gasteiger partial charge is 0.426 e. The Morgan fingerprint density at radius 2 is 1.43 bits per heavy atom. The second-order valence-electron chi connectivity index (χ2n) is 9.68. The number of benzene rings is 1. The molecule has 2 aromatic rings. The van der Waals surface area contributed by atoms with Crippen LogP contribution in [-0.2, 0) is 11.2 Å². The van der Waals surface area contributed by atoms with Gasteiger partial charge in [-0.1, -0.05) is 109 Å². The molecule has 0 amide bonds. The van der Waals surface area contributed by atoms with Gasteiger partial charge in [0.2, 0.25) is 0 Å². The normalized spacial score (nSPS) is 13.0. The number of halogens is 1. The third-order valence-electron chi connectivity index (χ3n) is 6.53. The Bertz CT molecular complexity index is 824. The van der Waals surface area contributed by atoms with Crippen LogP contribution in [0.25, 0.3) is 10.6 Å². The van der Waals surface area contributed by atoms with Crippen molar-refractivity contribution in [2.45, 2.75) is 122 Å². The number of ether oxygens (including phenoxy) is 1. The first-order valence-electron chi connectivity index (χ1n) is 13.8. The molecule has 1 aromatic heterocycles. The van der Waals surface area contributed by atoms with Gasteiger partial charge >= 0.3 is 5.97 Å². The topological polar surface area (TPSA) is 52.1 Å². The van der Waals surface area contributed by atoms with Crippen LogP contribution in [0.4, 0.5) is 0 Å². The smallest absolute Gasteiger partial charge is 0.315 e. The number of alkyl halides is 1. The van der Waals surface area contributed by atoms with Gasteiger partial charge in [0.15, 0.2) is 0 Å². The molecule has 2 atom stereocenters. The van der Waals surface area contributed by atoms with Crippen LogP contribution in [0.3, 0.4) is 0 Å². The lowest BCUT2D eigenvalue weighted by atomic mass is 10.0. The molecular formula is C29H45ClN2O2S. The highest BCUT2D eigenvalue weighted by Crippen LogP contribution is 2.27. The van der Waals surface area contributed by atoms with E-state index in [-0.39, 0.29) is 17.3 Å². The summed E-state index contributed by atoms with van der Waals surface area (Å²) in [6, 6.07) is 7.54. The number of rotatable bonds is 19. The molecule has 196 valence electrons. The van der Waals surface area contributed by atoms with Crippen molar-refractivity contribution in [1.82, 2.24) is 10.2 Å². The van der Waals surface area contributed by atoms with Crippen molar-refractivity contribution in [3.63, 3.8) is 0 Å². The number of hydrogen-bond donors (Lipinski definition) is 0. The quantitative estimate of drug-likeness (QED) is 0.0800. The van der Waals surface area contributed by atoms with Gasteiger partial charge in [-0.25, -0.2) is 0 Å². The van der Waals surface area contributed by atoms with E-state index in [9.17, 15) is 4.79 Å². The Morgan fingerprint density at radius 3 is 2.06 bits per heavy atom. The summed E-state index contributed by atoms with van der Waals surface area (Å²) >= 11 is 8.10. The molecule has 0 radical (unpaired) electrons. The maximum atomic E-state index is 12.5. The third kappa shape index (κ3) is 11.9. The zero-order chi connectivity index (χ0) is 25.3. The SMILES string of the molecule is CCCCCCCCCCCc1nnc(-c2ccc(OC(=O)[C@H](C)[C@H](Cl)CCCCCC)cc2)s1. The van der Waals surface area contributed by atoms with E-state index in [1.54, 1.807) is 11.3 Å². The molecule has 0 aliphatic carbocycles. The molecule has 0 bridgehead atoms. The second-order valence-corrected chi connectivity index (χ2v) is 11.3. The first kappa shape index (κ1) is 29.8. The van der Waals surface area contributed by atoms with Gasteiger partial charge in [0, 0.05) is 17.4 Å². The molecule has 1 aromatic carbocycles.